The van der Waals surface area contributed by atoms with E-state index in [0.717, 1.165) is 18.5 Å². The number of dihydropyridines is 1. The fourth-order valence-corrected chi connectivity index (χ4v) is 4.01. The van der Waals surface area contributed by atoms with Crippen molar-refractivity contribution in [3.8, 4) is 0 Å². The van der Waals surface area contributed by atoms with Gasteiger partial charge in [0.2, 0.25) is 11.8 Å². The van der Waals surface area contributed by atoms with E-state index in [0.29, 0.717) is 24.0 Å². The maximum atomic E-state index is 12.2. The van der Waals surface area contributed by atoms with Gasteiger partial charge in [-0.15, -0.1) is 11.3 Å². The average molecular weight is 388 g/mol. The second-order valence-electron chi connectivity index (χ2n) is 6.87. The second-order valence-corrected chi connectivity index (χ2v) is 7.73. The molecule has 1 aromatic heterocycles. The van der Waals surface area contributed by atoms with Crippen LogP contribution in [-0.2, 0) is 20.8 Å². The van der Waals surface area contributed by atoms with Crippen molar-refractivity contribution in [3.63, 3.8) is 0 Å². The lowest BCUT2D eigenvalue weighted by Crippen LogP contribution is -2.34. The van der Waals surface area contributed by atoms with E-state index < -0.39 is 17.7 Å². The predicted molar refractivity (Wildman–Crippen MR) is 105 cm³/mol. The highest BCUT2D eigenvalue weighted by Gasteiger charge is 2.25. The number of anilines is 1. The van der Waals surface area contributed by atoms with Gasteiger partial charge in [-0.3, -0.25) is 14.4 Å². The Balaban J connectivity index is 1.44. The van der Waals surface area contributed by atoms with Gasteiger partial charge in [0.05, 0.1) is 5.69 Å². The van der Waals surface area contributed by atoms with Crippen LogP contribution < -0.4 is 10.6 Å². The molecule has 1 aromatic rings. The summed E-state index contributed by atoms with van der Waals surface area (Å²) in [5.41, 5.74) is 0.759. The van der Waals surface area contributed by atoms with Crippen molar-refractivity contribution in [3.05, 3.63) is 23.2 Å². The Morgan fingerprint density at radius 1 is 1.19 bits per heavy atom. The molecule has 0 bridgehead atoms. The molecule has 2 aliphatic rings. The van der Waals surface area contributed by atoms with Crippen LogP contribution >= 0.6 is 11.3 Å². The quantitative estimate of drug-likeness (QED) is 0.578. The average Bonchev–Trinajstić information content (AvgIpc) is 2.94. The molecule has 3 amide bonds. The van der Waals surface area contributed by atoms with Gasteiger partial charge in [0.25, 0.3) is 5.91 Å². The third-order valence-electron chi connectivity index (χ3n) is 4.75. The van der Waals surface area contributed by atoms with E-state index in [4.69, 9.17) is 0 Å². The first-order chi connectivity index (χ1) is 13.1. The molecule has 27 heavy (non-hydrogen) atoms. The molecule has 1 atom stereocenters. The summed E-state index contributed by atoms with van der Waals surface area (Å²) in [5, 5.41) is 8.02. The van der Waals surface area contributed by atoms with Gasteiger partial charge in [0.15, 0.2) is 5.13 Å². The van der Waals surface area contributed by atoms with Gasteiger partial charge in [0.1, 0.15) is 5.92 Å². The summed E-state index contributed by atoms with van der Waals surface area (Å²) < 4.78 is 0. The van der Waals surface area contributed by atoms with Crippen LogP contribution in [0.5, 0.6) is 0 Å². The number of carbonyl (C=O) groups is 3. The third-order valence-corrected chi connectivity index (χ3v) is 5.56. The zero-order chi connectivity index (χ0) is 19.1. The molecule has 1 saturated carbocycles. The standard InChI is InChI=1S/C19H24N4O3S/c24-16(21-13-6-3-1-2-4-7-13)10-9-14-12-27-19(22-14)23-18(26)15-8-5-11-20-17(15)25/h5,8,11-13,15H,1-4,6-7,9-10H2,(H,21,24)(H,22,23,26). The van der Waals surface area contributed by atoms with Crippen molar-refractivity contribution >= 4 is 40.4 Å². The molecule has 0 aromatic carbocycles. The molecule has 1 aliphatic carbocycles. The van der Waals surface area contributed by atoms with Crippen molar-refractivity contribution in [1.82, 2.24) is 10.3 Å². The van der Waals surface area contributed by atoms with Crippen LogP contribution in [0.3, 0.4) is 0 Å². The second kappa shape index (κ2) is 9.55. The van der Waals surface area contributed by atoms with E-state index in [-0.39, 0.29) is 5.91 Å². The lowest BCUT2D eigenvalue weighted by atomic mass is 10.1. The number of nitrogens with one attached hydrogen (secondary N) is 2. The molecule has 0 saturated heterocycles. The van der Waals surface area contributed by atoms with Crippen molar-refractivity contribution in [2.45, 2.75) is 57.4 Å². The summed E-state index contributed by atoms with van der Waals surface area (Å²) in [4.78, 5) is 43.9. The summed E-state index contributed by atoms with van der Waals surface area (Å²) in [7, 11) is 0. The van der Waals surface area contributed by atoms with Crippen molar-refractivity contribution in [2.24, 2.45) is 10.9 Å². The number of thiazole rings is 1. The van der Waals surface area contributed by atoms with Crippen LogP contribution in [0.4, 0.5) is 5.13 Å². The first-order valence-electron chi connectivity index (χ1n) is 9.41. The molecule has 2 heterocycles. The van der Waals surface area contributed by atoms with Gasteiger partial charge in [-0.25, -0.2) is 9.98 Å². The summed E-state index contributed by atoms with van der Waals surface area (Å²) in [6.45, 7) is 0. The normalized spacial score (nSPS) is 20.3. The van der Waals surface area contributed by atoms with Gasteiger partial charge < -0.3 is 10.6 Å². The van der Waals surface area contributed by atoms with E-state index in [1.165, 1.54) is 49.3 Å². The van der Waals surface area contributed by atoms with Crippen LogP contribution in [-0.4, -0.2) is 35.0 Å². The molecule has 144 valence electrons. The lowest BCUT2D eigenvalue weighted by Gasteiger charge is -2.15. The van der Waals surface area contributed by atoms with E-state index in [2.05, 4.69) is 20.6 Å². The Labute approximate surface area is 162 Å². The van der Waals surface area contributed by atoms with E-state index >= 15 is 0 Å². The molecule has 3 rings (SSSR count). The van der Waals surface area contributed by atoms with Crippen LogP contribution in [0.1, 0.15) is 50.6 Å². The largest absolute Gasteiger partial charge is 0.353 e. The molecule has 0 spiro atoms. The van der Waals surface area contributed by atoms with Crippen molar-refractivity contribution < 1.29 is 14.4 Å². The number of amides is 3. The number of nitrogens with zero attached hydrogens (tertiary/aromatic N) is 2. The van der Waals surface area contributed by atoms with Gasteiger partial charge in [-0.1, -0.05) is 31.8 Å². The third kappa shape index (κ3) is 5.82. The van der Waals surface area contributed by atoms with Gasteiger partial charge >= 0.3 is 0 Å². The Hall–Kier alpha value is -2.35. The predicted octanol–water partition coefficient (Wildman–Crippen LogP) is 2.64. The molecule has 0 radical (unpaired) electrons. The topological polar surface area (TPSA) is 101 Å². The van der Waals surface area contributed by atoms with Gasteiger partial charge in [0, 0.05) is 24.1 Å². The van der Waals surface area contributed by atoms with Crippen molar-refractivity contribution in [1.29, 1.82) is 0 Å². The summed E-state index contributed by atoms with van der Waals surface area (Å²) in [5.74, 6) is -1.79. The molecular weight excluding hydrogens is 364 g/mol. The highest BCUT2D eigenvalue weighted by molar-refractivity contribution is 7.13. The smallest absolute Gasteiger partial charge is 0.262 e. The SMILES string of the molecule is O=C(CCc1csc(NC(=O)C2C=CC=NC2=O)n1)NC1CCCCCC1. The number of hydrogen-bond acceptors (Lipinski definition) is 5. The minimum absolute atomic E-state index is 0.0521. The number of hydrogen-bond donors (Lipinski definition) is 2. The van der Waals surface area contributed by atoms with Crippen LogP contribution in [0.15, 0.2) is 22.5 Å². The first-order valence-corrected chi connectivity index (χ1v) is 10.3. The highest BCUT2D eigenvalue weighted by Crippen LogP contribution is 2.20. The van der Waals surface area contributed by atoms with Crippen LogP contribution in [0.2, 0.25) is 0 Å². The molecular formula is C19H24N4O3S. The fraction of sp³-hybridized carbons (Fsp3) is 0.526. The van der Waals surface area contributed by atoms with Crippen molar-refractivity contribution in [2.75, 3.05) is 5.32 Å². The molecule has 2 N–H and O–H groups in total. The zero-order valence-electron chi connectivity index (χ0n) is 15.1. The zero-order valence-corrected chi connectivity index (χ0v) is 16.0. The Kier molecular flexibility index (Phi) is 6.86. The maximum absolute atomic E-state index is 12.2. The minimum Gasteiger partial charge on any atom is -0.353 e. The molecule has 1 aliphatic heterocycles. The molecule has 1 fully saturated rings. The first kappa shape index (κ1) is 19.4. The van der Waals surface area contributed by atoms with Gasteiger partial charge in [-0.2, -0.15) is 0 Å². The number of aromatic nitrogens is 1. The minimum atomic E-state index is -0.910. The van der Waals surface area contributed by atoms with Gasteiger partial charge in [-0.05, 0) is 25.3 Å². The Morgan fingerprint density at radius 3 is 2.70 bits per heavy atom. The fourth-order valence-electron chi connectivity index (χ4n) is 3.27. The molecule has 8 heteroatoms. The number of aryl methyl sites for hydroxylation is 1. The number of aliphatic imine (C=N–C) groups is 1. The lowest BCUT2D eigenvalue weighted by molar-refractivity contribution is -0.128. The number of carbonyl (C=O) groups excluding carboxylic acids is 3. The van der Waals surface area contributed by atoms with E-state index in [9.17, 15) is 14.4 Å². The van der Waals surface area contributed by atoms with Crippen LogP contribution in [0, 0.1) is 5.92 Å². The maximum Gasteiger partial charge on any atom is 0.262 e. The Bertz CT molecular complexity index is 748. The number of allylic oxidation sites excluding steroid dienone is 1. The number of rotatable bonds is 6. The summed E-state index contributed by atoms with van der Waals surface area (Å²) >= 11 is 1.28. The molecule has 7 nitrogen and oxygen atoms in total. The molecule has 1 unspecified atom stereocenters. The summed E-state index contributed by atoms with van der Waals surface area (Å²) in [6, 6.07) is 0.300. The van der Waals surface area contributed by atoms with E-state index in [1.54, 1.807) is 6.08 Å². The van der Waals surface area contributed by atoms with E-state index in [1.807, 2.05) is 5.38 Å². The Morgan fingerprint density at radius 2 is 1.96 bits per heavy atom. The summed E-state index contributed by atoms with van der Waals surface area (Å²) in [6.07, 6.45) is 12.4. The van der Waals surface area contributed by atoms with Crippen LogP contribution in [0.25, 0.3) is 0 Å². The monoisotopic (exact) mass is 388 g/mol. The highest BCUT2D eigenvalue weighted by atomic mass is 32.1.